The maximum Gasteiger partial charge on any atom is 0.244 e. The smallest absolute Gasteiger partial charge is 0.244 e. The van der Waals surface area contributed by atoms with Gasteiger partial charge in [-0.1, -0.05) is 30.3 Å². The van der Waals surface area contributed by atoms with Gasteiger partial charge >= 0.3 is 0 Å². The first-order chi connectivity index (χ1) is 9.00. The van der Waals surface area contributed by atoms with E-state index in [-0.39, 0.29) is 5.91 Å². The molecule has 4 heteroatoms. The quantitative estimate of drug-likeness (QED) is 0.871. The first-order valence-electron chi connectivity index (χ1n) is 6.82. The number of benzene rings is 1. The minimum atomic E-state index is -0.552. The van der Waals surface area contributed by atoms with Crippen LogP contribution in [0.3, 0.4) is 0 Å². The summed E-state index contributed by atoms with van der Waals surface area (Å²) in [7, 11) is 2.11. The average molecular weight is 261 g/mol. The molecule has 1 saturated heterocycles. The lowest BCUT2D eigenvalue weighted by atomic mass is 10.0. The SMILES string of the molecule is CC1CN(C(=O)[C@H](N)c2ccccc2)CC(C)N1C. The van der Waals surface area contributed by atoms with Crippen molar-refractivity contribution in [1.82, 2.24) is 9.80 Å². The minimum absolute atomic E-state index is 0.0259. The van der Waals surface area contributed by atoms with Crippen molar-refractivity contribution in [2.24, 2.45) is 5.73 Å². The third-order valence-electron chi connectivity index (χ3n) is 4.10. The summed E-state index contributed by atoms with van der Waals surface area (Å²) in [5.41, 5.74) is 6.97. The van der Waals surface area contributed by atoms with Crippen molar-refractivity contribution in [3.63, 3.8) is 0 Å². The number of hydrogen-bond donors (Lipinski definition) is 1. The lowest BCUT2D eigenvalue weighted by Gasteiger charge is -2.43. The van der Waals surface area contributed by atoms with Crippen LogP contribution in [0.2, 0.25) is 0 Å². The summed E-state index contributed by atoms with van der Waals surface area (Å²) < 4.78 is 0. The van der Waals surface area contributed by atoms with Gasteiger partial charge in [0.2, 0.25) is 5.91 Å². The van der Waals surface area contributed by atoms with Crippen molar-refractivity contribution in [3.05, 3.63) is 35.9 Å². The fourth-order valence-electron chi connectivity index (χ4n) is 2.58. The lowest BCUT2D eigenvalue weighted by Crippen LogP contribution is -2.57. The molecule has 0 radical (unpaired) electrons. The fourth-order valence-corrected chi connectivity index (χ4v) is 2.58. The number of rotatable bonds is 2. The van der Waals surface area contributed by atoms with Crippen LogP contribution in [-0.2, 0) is 4.79 Å². The number of carbonyl (C=O) groups excluding carboxylic acids is 1. The Bertz CT molecular complexity index is 422. The van der Waals surface area contributed by atoms with Gasteiger partial charge < -0.3 is 10.6 Å². The van der Waals surface area contributed by atoms with E-state index in [0.717, 1.165) is 18.7 Å². The summed E-state index contributed by atoms with van der Waals surface area (Å²) in [5, 5.41) is 0. The van der Waals surface area contributed by atoms with Gasteiger partial charge in [0.15, 0.2) is 0 Å². The molecule has 1 aromatic carbocycles. The number of nitrogens with two attached hydrogens (primary N) is 1. The first-order valence-corrected chi connectivity index (χ1v) is 6.82. The molecular weight excluding hydrogens is 238 g/mol. The van der Waals surface area contributed by atoms with E-state index in [9.17, 15) is 4.79 Å². The zero-order valence-electron chi connectivity index (χ0n) is 11.9. The van der Waals surface area contributed by atoms with Crippen LogP contribution in [-0.4, -0.2) is 47.9 Å². The maximum absolute atomic E-state index is 12.5. The number of hydrogen-bond acceptors (Lipinski definition) is 3. The van der Waals surface area contributed by atoms with E-state index in [4.69, 9.17) is 5.73 Å². The molecule has 0 bridgehead atoms. The second kappa shape index (κ2) is 5.72. The van der Waals surface area contributed by atoms with Crippen molar-refractivity contribution in [3.8, 4) is 0 Å². The van der Waals surface area contributed by atoms with Gasteiger partial charge in [-0.05, 0) is 26.5 Å². The molecule has 1 aliphatic heterocycles. The predicted octanol–water partition coefficient (Wildman–Crippen LogP) is 1.24. The van der Waals surface area contributed by atoms with Crippen LogP contribution in [0, 0.1) is 0 Å². The Morgan fingerprint density at radius 1 is 1.21 bits per heavy atom. The molecule has 0 aliphatic carbocycles. The molecule has 0 aromatic heterocycles. The summed E-state index contributed by atoms with van der Waals surface area (Å²) in [6.45, 7) is 5.79. The molecule has 4 nitrogen and oxygen atoms in total. The summed E-state index contributed by atoms with van der Waals surface area (Å²) >= 11 is 0. The molecule has 1 amide bonds. The Morgan fingerprint density at radius 3 is 2.26 bits per heavy atom. The molecule has 1 aromatic rings. The third kappa shape index (κ3) is 2.96. The Morgan fingerprint density at radius 2 is 1.74 bits per heavy atom. The number of carbonyl (C=O) groups is 1. The standard InChI is InChI=1S/C15H23N3O/c1-11-9-18(10-12(2)17(11)3)15(19)14(16)13-7-5-4-6-8-13/h4-8,11-12,14H,9-10,16H2,1-3H3/t11?,12?,14-/m1/s1. The number of amides is 1. The van der Waals surface area contributed by atoms with Gasteiger partial charge in [0.1, 0.15) is 6.04 Å². The van der Waals surface area contributed by atoms with Gasteiger partial charge in [-0.2, -0.15) is 0 Å². The molecule has 0 spiro atoms. The molecular formula is C15H23N3O. The first kappa shape index (κ1) is 14.0. The van der Waals surface area contributed by atoms with Crippen LogP contribution in [0.5, 0.6) is 0 Å². The fraction of sp³-hybridized carbons (Fsp3) is 0.533. The van der Waals surface area contributed by atoms with Crippen LogP contribution < -0.4 is 5.73 Å². The van der Waals surface area contributed by atoms with Crippen LogP contribution in [0.15, 0.2) is 30.3 Å². The van der Waals surface area contributed by atoms with Gasteiger partial charge in [-0.25, -0.2) is 0 Å². The van der Waals surface area contributed by atoms with Gasteiger partial charge in [0.25, 0.3) is 0 Å². The van der Waals surface area contributed by atoms with E-state index in [2.05, 4.69) is 25.8 Å². The van der Waals surface area contributed by atoms with Crippen molar-refractivity contribution in [2.45, 2.75) is 32.0 Å². The molecule has 19 heavy (non-hydrogen) atoms. The second-order valence-electron chi connectivity index (χ2n) is 5.50. The van der Waals surface area contributed by atoms with Crippen LogP contribution in [0.1, 0.15) is 25.5 Å². The topological polar surface area (TPSA) is 49.6 Å². The zero-order valence-corrected chi connectivity index (χ0v) is 11.9. The van der Waals surface area contributed by atoms with E-state index >= 15 is 0 Å². The molecule has 3 atom stereocenters. The molecule has 1 heterocycles. The Balaban J connectivity index is 2.08. The Hall–Kier alpha value is -1.39. The second-order valence-corrected chi connectivity index (χ2v) is 5.50. The predicted molar refractivity (Wildman–Crippen MR) is 76.6 cm³/mol. The van der Waals surface area contributed by atoms with Crippen molar-refractivity contribution >= 4 is 5.91 Å². The van der Waals surface area contributed by atoms with E-state index in [0.29, 0.717) is 12.1 Å². The molecule has 104 valence electrons. The largest absolute Gasteiger partial charge is 0.338 e. The molecule has 1 aliphatic rings. The summed E-state index contributed by atoms with van der Waals surface area (Å²) in [6.07, 6.45) is 0. The summed E-state index contributed by atoms with van der Waals surface area (Å²) in [6, 6.07) is 9.77. The monoisotopic (exact) mass is 261 g/mol. The molecule has 1 fully saturated rings. The number of likely N-dealkylation sites (N-methyl/N-ethyl adjacent to an activating group) is 1. The third-order valence-corrected chi connectivity index (χ3v) is 4.10. The van der Waals surface area contributed by atoms with Crippen LogP contribution in [0.4, 0.5) is 0 Å². The van der Waals surface area contributed by atoms with Crippen molar-refractivity contribution in [1.29, 1.82) is 0 Å². The molecule has 2 unspecified atom stereocenters. The summed E-state index contributed by atoms with van der Waals surface area (Å²) in [5.74, 6) is 0.0259. The van der Waals surface area contributed by atoms with Gasteiger partial charge in [-0.15, -0.1) is 0 Å². The van der Waals surface area contributed by atoms with Crippen LogP contribution >= 0.6 is 0 Å². The average Bonchev–Trinajstić information content (AvgIpc) is 2.43. The van der Waals surface area contributed by atoms with Crippen LogP contribution in [0.25, 0.3) is 0 Å². The van der Waals surface area contributed by atoms with Gasteiger partial charge in [-0.3, -0.25) is 9.69 Å². The van der Waals surface area contributed by atoms with E-state index in [1.165, 1.54) is 0 Å². The molecule has 0 saturated carbocycles. The highest BCUT2D eigenvalue weighted by Crippen LogP contribution is 2.18. The normalized spacial score (nSPS) is 26.2. The summed E-state index contributed by atoms with van der Waals surface area (Å²) in [4.78, 5) is 16.7. The lowest BCUT2D eigenvalue weighted by molar-refractivity contribution is -0.136. The Labute approximate surface area is 115 Å². The number of nitrogens with zero attached hydrogens (tertiary/aromatic N) is 2. The van der Waals surface area contributed by atoms with Crippen molar-refractivity contribution in [2.75, 3.05) is 20.1 Å². The van der Waals surface area contributed by atoms with Gasteiger partial charge in [0.05, 0.1) is 0 Å². The zero-order chi connectivity index (χ0) is 14.0. The van der Waals surface area contributed by atoms with Crippen molar-refractivity contribution < 1.29 is 4.79 Å². The number of piperazine rings is 1. The van der Waals surface area contributed by atoms with E-state index in [1.54, 1.807) is 0 Å². The minimum Gasteiger partial charge on any atom is -0.338 e. The molecule has 2 N–H and O–H groups in total. The highest BCUT2D eigenvalue weighted by atomic mass is 16.2. The van der Waals surface area contributed by atoms with E-state index in [1.807, 2.05) is 35.2 Å². The van der Waals surface area contributed by atoms with E-state index < -0.39 is 6.04 Å². The molecule has 2 rings (SSSR count). The Kier molecular flexibility index (Phi) is 4.22. The maximum atomic E-state index is 12.5. The highest BCUT2D eigenvalue weighted by Gasteiger charge is 2.31. The highest BCUT2D eigenvalue weighted by molar-refractivity contribution is 5.83. The van der Waals surface area contributed by atoms with Gasteiger partial charge in [0, 0.05) is 25.2 Å².